The molecule has 0 saturated carbocycles. The van der Waals surface area contributed by atoms with Crippen molar-refractivity contribution in [2.75, 3.05) is 11.9 Å². The molecular formula is C13H18N2O3. The fourth-order valence-electron chi connectivity index (χ4n) is 1.40. The molecule has 1 aromatic heterocycles. The SMILES string of the molecule is CCOC(=O)c1ccnc(NC(=O)CC(C)C)c1. The number of hydrogen-bond acceptors (Lipinski definition) is 4. The molecule has 0 unspecified atom stereocenters. The maximum absolute atomic E-state index is 11.6. The topological polar surface area (TPSA) is 68.3 Å². The van der Waals surface area contributed by atoms with Gasteiger partial charge in [-0.1, -0.05) is 13.8 Å². The number of rotatable bonds is 5. The molecule has 0 atom stereocenters. The van der Waals surface area contributed by atoms with E-state index in [0.29, 0.717) is 24.4 Å². The molecule has 1 rings (SSSR count). The van der Waals surface area contributed by atoms with Crippen molar-refractivity contribution in [1.29, 1.82) is 0 Å². The number of aromatic nitrogens is 1. The lowest BCUT2D eigenvalue weighted by atomic mass is 10.1. The third kappa shape index (κ3) is 4.53. The highest BCUT2D eigenvalue weighted by Crippen LogP contribution is 2.10. The standard InChI is InChI=1S/C13H18N2O3/c1-4-18-13(17)10-5-6-14-11(8-10)15-12(16)7-9(2)3/h5-6,8-9H,4,7H2,1-3H3,(H,14,15,16). The lowest BCUT2D eigenvalue weighted by molar-refractivity contribution is -0.116. The van der Waals surface area contributed by atoms with E-state index in [9.17, 15) is 9.59 Å². The highest BCUT2D eigenvalue weighted by molar-refractivity contribution is 5.93. The van der Waals surface area contributed by atoms with Crippen molar-refractivity contribution in [3.05, 3.63) is 23.9 Å². The molecule has 0 aliphatic rings. The van der Waals surface area contributed by atoms with E-state index in [-0.39, 0.29) is 11.8 Å². The van der Waals surface area contributed by atoms with Gasteiger partial charge in [0, 0.05) is 12.6 Å². The van der Waals surface area contributed by atoms with Gasteiger partial charge in [0.15, 0.2) is 0 Å². The van der Waals surface area contributed by atoms with Crippen molar-refractivity contribution in [1.82, 2.24) is 4.98 Å². The lowest BCUT2D eigenvalue weighted by Crippen LogP contribution is -2.15. The molecule has 0 radical (unpaired) electrons. The van der Waals surface area contributed by atoms with E-state index in [2.05, 4.69) is 10.3 Å². The number of anilines is 1. The number of esters is 1. The van der Waals surface area contributed by atoms with Gasteiger partial charge in [-0.3, -0.25) is 4.79 Å². The Labute approximate surface area is 107 Å². The molecule has 0 aromatic carbocycles. The van der Waals surface area contributed by atoms with Crippen LogP contribution in [0.1, 0.15) is 37.6 Å². The van der Waals surface area contributed by atoms with Crippen LogP contribution in [0.4, 0.5) is 5.82 Å². The van der Waals surface area contributed by atoms with Crippen LogP contribution in [0, 0.1) is 5.92 Å². The first-order valence-corrected chi connectivity index (χ1v) is 5.96. The number of carbonyl (C=O) groups excluding carboxylic acids is 2. The Balaban J connectivity index is 2.70. The predicted molar refractivity (Wildman–Crippen MR) is 68.3 cm³/mol. The molecule has 0 fully saturated rings. The molecule has 0 bridgehead atoms. The van der Waals surface area contributed by atoms with Crippen molar-refractivity contribution in [3.63, 3.8) is 0 Å². The van der Waals surface area contributed by atoms with Crippen molar-refractivity contribution in [2.45, 2.75) is 27.2 Å². The molecule has 0 saturated heterocycles. The van der Waals surface area contributed by atoms with Crippen molar-refractivity contribution < 1.29 is 14.3 Å². The molecule has 98 valence electrons. The van der Waals surface area contributed by atoms with E-state index in [1.807, 2.05) is 13.8 Å². The fraction of sp³-hybridized carbons (Fsp3) is 0.462. The van der Waals surface area contributed by atoms with Crippen LogP contribution in [0.25, 0.3) is 0 Å². The van der Waals surface area contributed by atoms with Gasteiger partial charge in [-0.2, -0.15) is 0 Å². The zero-order chi connectivity index (χ0) is 13.5. The fourth-order valence-corrected chi connectivity index (χ4v) is 1.40. The van der Waals surface area contributed by atoms with Crippen molar-refractivity contribution in [2.24, 2.45) is 5.92 Å². The van der Waals surface area contributed by atoms with Gasteiger partial charge in [0.1, 0.15) is 5.82 Å². The second-order valence-corrected chi connectivity index (χ2v) is 4.30. The summed E-state index contributed by atoms with van der Waals surface area (Å²) in [7, 11) is 0. The minimum atomic E-state index is -0.417. The molecule has 0 aliphatic carbocycles. The second-order valence-electron chi connectivity index (χ2n) is 4.30. The Morgan fingerprint density at radius 1 is 1.44 bits per heavy atom. The Kier molecular flexibility index (Phi) is 5.30. The molecule has 1 N–H and O–H groups in total. The van der Waals surface area contributed by atoms with Crippen LogP contribution in [-0.4, -0.2) is 23.5 Å². The Bertz CT molecular complexity index is 430. The van der Waals surface area contributed by atoms with E-state index in [4.69, 9.17) is 4.74 Å². The Morgan fingerprint density at radius 2 is 2.17 bits per heavy atom. The first-order chi connectivity index (χ1) is 8.52. The quantitative estimate of drug-likeness (QED) is 0.814. The maximum Gasteiger partial charge on any atom is 0.338 e. The van der Waals surface area contributed by atoms with Crippen LogP contribution in [0.15, 0.2) is 18.3 Å². The van der Waals surface area contributed by atoms with Gasteiger partial charge in [-0.05, 0) is 25.0 Å². The van der Waals surface area contributed by atoms with Crippen molar-refractivity contribution >= 4 is 17.7 Å². The van der Waals surface area contributed by atoms with Crippen LogP contribution in [0.2, 0.25) is 0 Å². The number of pyridine rings is 1. The number of nitrogens with one attached hydrogen (secondary N) is 1. The zero-order valence-corrected chi connectivity index (χ0v) is 10.9. The summed E-state index contributed by atoms with van der Waals surface area (Å²) in [5.74, 6) is 0.113. The molecular weight excluding hydrogens is 232 g/mol. The Morgan fingerprint density at radius 3 is 2.78 bits per heavy atom. The molecule has 1 amide bonds. The summed E-state index contributed by atoms with van der Waals surface area (Å²) in [6.45, 7) is 5.98. The van der Waals surface area contributed by atoms with Gasteiger partial charge in [0.05, 0.1) is 12.2 Å². The third-order valence-electron chi connectivity index (χ3n) is 2.13. The number of hydrogen-bond donors (Lipinski definition) is 1. The number of carbonyl (C=O) groups is 2. The highest BCUT2D eigenvalue weighted by atomic mass is 16.5. The minimum Gasteiger partial charge on any atom is -0.462 e. The molecule has 0 spiro atoms. The lowest BCUT2D eigenvalue weighted by Gasteiger charge is -2.07. The molecule has 5 heteroatoms. The average Bonchev–Trinajstić information content (AvgIpc) is 2.28. The summed E-state index contributed by atoms with van der Waals surface area (Å²) >= 11 is 0. The molecule has 18 heavy (non-hydrogen) atoms. The van der Waals surface area contributed by atoms with E-state index >= 15 is 0 Å². The summed E-state index contributed by atoms with van der Waals surface area (Å²) in [6.07, 6.45) is 1.89. The first kappa shape index (κ1) is 14.2. The van der Waals surface area contributed by atoms with Crippen LogP contribution in [0.3, 0.4) is 0 Å². The average molecular weight is 250 g/mol. The first-order valence-electron chi connectivity index (χ1n) is 5.96. The normalized spacial score (nSPS) is 10.2. The zero-order valence-electron chi connectivity index (χ0n) is 10.9. The summed E-state index contributed by atoms with van der Waals surface area (Å²) in [5, 5.41) is 2.65. The monoisotopic (exact) mass is 250 g/mol. The second kappa shape index (κ2) is 6.74. The van der Waals surface area contributed by atoms with E-state index in [1.165, 1.54) is 12.3 Å². The molecule has 5 nitrogen and oxygen atoms in total. The van der Waals surface area contributed by atoms with E-state index in [0.717, 1.165) is 0 Å². The molecule has 0 aliphatic heterocycles. The number of nitrogens with zero attached hydrogens (tertiary/aromatic N) is 1. The molecule has 1 aromatic rings. The van der Waals surface area contributed by atoms with Crippen LogP contribution in [-0.2, 0) is 9.53 Å². The number of amides is 1. The third-order valence-corrected chi connectivity index (χ3v) is 2.13. The predicted octanol–water partition coefficient (Wildman–Crippen LogP) is 2.24. The van der Waals surface area contributed by atoms with Gasteiger partial charge in [-0.15, -0.1) is 0 Å². The van der Waals surface area contributed by atoms with Gasteiger partial charge in [-0.25, -0.2) is 9.78 Å². The van der Waals surface area contributed by atoms with E-state index < -0.39 is 5.97 Å². The van der Waals surface area contributed by atoms with Crippen LogP contribution < -0.4 is 5.32 Å². The maximum atomic E-state index is 11.6. The van der Waals surface area contributed by atoms with Crippen molar-refractivity contribution in [3.8, 4) is 0 Å². The van der Waals surface area contributed by atoms with Gasteiger partial charge in [0.25, 0.3) is 0 Å². The van der Waals surface area contributed by atoms with Gasteiger partial charge >= 0.3 is 5.97 Å². The largest absolute Gasteiger partial charge is 0.462 e. The van der Waals surface area contributed by atoms with Crippen LogP contribution in [0.5, 0.6) is 0 Å². The summed E-state index contributed by atoms with van der Waals surface area (Å²) in [4.78, 5) is 27.0. The number of ether oxygens (including phenoxy) is 1. The summed E-state index contributed by atoms with van der Waals surface area (Å²) in [5.41, 5.74) is 0.381. The Hall–Kier alpha value is -1.91. The highest BCUT2D eigenvalue weighted by Gasteiger charge is 2.10. The van der Waals surface area contributed by atoms with Gasteiger partial charge < -0.3 is 10.1 Å². The summed E-state index contributed by atoms with van der Waals surface area (Å²) in [6, 6.07) is 3.06. The summed E-state index contributed by atoms with van der Waals surface area (Å²) < 4.78 is 4.87. The molecule has 1 heterocycles. The van der Waals surface area contributed by atoms with E-state index in [1.54, 1.807) is 13.0 Å². The van der Waals surface area contributed by atoms with Gasteiger partial charge in [0.2, 0.25) is 5.91 Å². The smallest absolute Gasteiger partial charge is 0.338 e. The minimum absolute atomic E-state index is 0.112. The van der Waals surface area contributed by atoms with Crippen LogP contribution >= 0.6 is 0 Å².